The van der Waals surface area contributed by atoms with Crippen LogP contribution in [0.4, 0.5) is 0 Å². The second-order valence-electron chi connectivity index (χ2n) is 6.77. The van der Waals surface area contributed by atoms with E-state index in [0.717, 1.165) is 5.56 Å². The molecule has 0 aliphatic carbocycles. The standard InChI is InChI=1S/C23H21ClN2O5/c1-15(2)30-23(28)17-5-3-4-16(12-17)21-11-10-20(31-21)13-25-26-22(27)14-29-19-8-6-18(24)7-9-19/h3-13,15H,14H2,1-2H3,(H,26,27)/b25-13-. The predicted molar refractivity (Wildman–Crippen MR) is 117 cm³/mol. The fourth-order valence-electron chi connectivity index (χ4n) is 2.54. The molecule has 8 heteroatoms. The quantitative estimate of drug-likeness (QED) is 0.311. The molecule has 0 unspecified atom stereocenters. The van der Waals surface area contributed by atoms with Crippen molar-refractivity contribution in [3.05, 3.63) is 77.0 Å². The number of nitrogens with zero attached hydrogens (tertiary/aromatic N) is 1. The molecule has 0 aliphatic rings. The Hall–Kier alpha value is -3.58. The van der Waals surface area contributed by atoms with Crippen LogP contribution in [0, 0.1) is 0 Å². The van der Waals surface area contributed by atoms with E-state index in [1.165, 1.54) is 6.21 Å². The van der Waals surface area contributed by atoms with Crippen molar-refractivity contribution in [3.8, 4) is 17.1 Å². The molecule has 1 N–H and O–H groups in total. The van der Waals surface area contributed by atoms with Gasteiger partial charge in [0.1, 0.15) is 17.3 Å². The van der Waals surface area contributed by atoms with Gasteiger partial charge in [0.25, 0.3) is 5.91 Å². The van der Waals surface area contributed by atoms with E-state index in [2.05, 4.69) is 10.5 Å². The number of halogens is 1. The third-order valence-electron chi connectivity index (χ3n) is 3.92. The van der Waals surface area contributed by atoms with Gasteiger partial charge in [-0.15, -0.1) is 0 Å². The summed E-state index contributed by atoms with van der Waals surface area (Å²) in [6.07, 6.45) is 1.18. The van der Waals surface area contributed by atoms with E-state index in [0.29, 0.717) is 27.9 Å². The van der Waals surface area contributed by atoms with Crippen molar-refractivity contribution in [2.24, 2.45) is 5.10 Å². The van der Waals surface area contributed by atoms with Gasteiger partial charge in [0, 0.05) is 10.6 Å². The van der Waals surface area contributed by atoms with E-state index in [4.69, 9.17) is 25.5 Å². The molecule has 0 aliphatic heterocycles. The molecule has 1 amide bonds. The average molecular weight is 441 g/mol. The van der Waals surface area contributed by atoms with Crippen molar-refractivity contribution >= 4 is 29.7 Å². The molecule has 3 aromatic rings. The third-order valence-corrected chi connectivity index (χ3v) is 4.17. The van der Waals surface area contributed by atoms with Gasteiger partial charge in [0.15, 0.2) is 6.61 Å². The van der Waals surface area contributed by atoms with Crippen molar-refractivity contribution in [2.75, 3.05) is 6.61 Å². The molecular weight excluding hydrogens is 420 g/mol. The molecule has 0 saturated carbocycles. The molecule has 0 radical (unpaired) electrons. The van der Waals surface area contributed by atoms with Crippen LogP contribution in [0.2, 0.25) is 5.02 Å². The van der Waals surface area contributed by atoms with Crippen LogP contribution in [0.15, 0.2) is 70.2 Å². The summed E-state index contributed by atoms with van der Waals surface area (Å²) in [5, 5.41) is 4.44. The Morgan fingerprint density at radius 2 is 1.90 bits per heavy atom. The van der Waals surface area contributed by atoms with Gasteiger partial charge in [-0.3, -0.25) is 4.79 Å². The Morgan fingerprint density at radius 3 is 2.65 bits per heavy atom. The van der Waals surface area contributed by atoms with Crippen LogP contribution in [0.5, 0.6) is 5.75 Å². The second kappa shape index (κ2) is 10.4. The molecule has 7 nitrogen and oxygen atoms in total. The number of hydrazone groups is 1. The van der Waals surface area contributed by atoms with Gasteiger partial charge in [-0.2, -0.15) is 5.10 Å². The van der Waals surface area contributed by atoms with Crippen LogP contribution >= 0.6 is 11.6 Å². The van der Waals surface area contributed by atoms with Gasteiger partial charge in [0.05, 0.1) is 17.9 Å². The summed E-state index contributed by atoms with van der Waals surface area (Å²) in [5.41, 5.74) is 3.52. The molecule has 0 saturated heterocycles. The highest BCUT2D eigenvalue weighted by molar-refractivity contribution is 6.30. The summed E-state index contributed by atoms with van der Waals surface area (Å²) in [6, 6.07) is 17.1. The molecule has 0 atom stereocenters. The number of furan rings is 1. The van der Waals surface area contributed by atoms with Crippen molar-refractivity contribution in [1.82, 2.24) is 5.43 Å². The highest BCUT2D eigenvalue weighted by atomic mass is 35.5. The molecule has 1 heterocycles. The van der Waals surface area contributed by atoms with Gasteiger partial charge in [-0.1, -0.05) is 23.7 Å². The van der Waals surface area contributed by atoms with Crippen molar-refractivity contribution in [2.45, 2.75) is 20.0 Å². The predicted octanol–water partition coefficient (Wildman–Crippen LogP) is 4.69. The molecule has 0 spiro atoms. The lowest BCUT2D eigenvalue weighted by atomic mass is 10.1. The molecule has 0 fully saturated rings. The Kier molecular flexibility index (Phi) is 7.45. The van der Waals surface area contributed by atoms with Crippen molar-refractivity contribution < 1.29 is 23.5 Å². The van der Waals surface area contributed by atoms with Crippen LogP contribution in [0.1, 0.15) is 30.0 Å². The van der Waals surface area contributed by atoms with Gasteiger partial charge in [0.2, 0.25) is 0 Å². The van der Waals surface area contributed by atoms with E-state index in [-0.39, 0.29) is 12.7 Å². The molecule has 160 valence electrons. The fourth-order valence-corrected chi connectivity index (χ4v) is 2.66. The zero-order valence-electron chi connectivity index (χ0n) is 17.0. The maximum absolute atomic E-state index is 12.1. The molecule has 3 rings (SSSR count). The Morgan fingerprint density at radius 1 is 1.13 bits per heavy atom. The first-order valence-electron chi connectivity index (χ1n) is 9.52. The van der Waals surface area contributed by atoms with Crippen molar-refractivity contribution in [3.63, 3.8) is 0 Å². The van der Waals surface area contributed by atoms with E-state index < -0.39 is 11.9 Å². The van der Waals surface area contributed by atoms with Crippen LogP contribution < -0.4 is 10.2 Å². The zero-order valence-corrected chi connectivity index (χ0v) is 17.8. The molecular formula is C23H21ClN2O5. The number of amides is 1. The topological polar surface area (TPSA) is 90.1 Å². The second-order valence-corrected chi connectivity index (χ2v) is 7.21. The number of esters is 1. The lowest BCUT2D eigenvalue weighted by Gasteiger charge is -2.08. The number of ether oxygens (including phenoxy) is 2. The third kappa shape index (κ3) is 6.72. The van der Waals surface area contributed by atoms with Gasteiger partial charge in [-0.05, 0) is 62.4 Å². The maximum atomic E-state index is 12.1. The summed E-state index contributed by atoms with van der Waals surface area (Å²) < 4.78 is 16.3. The largest absolute Gasteiger partial charge is 0.484 e. The maximum Gasteiger partial charge on any atom is 0.338 e. The lowest BCUT2D eigenvalue weighted by molar-refractivity contribution is -0.123. The zero-order chi connectivity index (χ0) is 22.2. The summed E-state index contributed by atoms with van der Waals surface area (Å²) >= 11 is 5.80. The molecule has 1 aromatic heterocycles. The lowest BCUT2D eigenvalue weighted by Crippen LogP contribution is -2.24. The minimum Gasteiger partial charge on any atom is -0.484 e. The van der Waals surface area contributed by atoms with Crippen LogP contribution in [0.25, 0.3) is 11.3 Å². The summed E-state index contributed by atoms with van der Waals surface area (Å²) in [4.78, 5) is 23.9. The smallest absolute Gasteiger partial charge is 0.338 e. The average Bonchev–Trinajstić information content (AvgIpc) is 3.22. The molecule has 2 aromatic carbocycles. The number of carbonyl (C=O) groups is 2. The highest BCUT2D eigenvalue weighted by Gasteiger charge is 2.12. The number of hydrogen-bond donors (Lipinski definition) is 1. The molecule has 0 bridgehead atoms. The van der Waals surface area contributed by atoms with Gasteiger partial charge >= 0.3 is 5.97 Å². The summed E-state index contributed by atoms with van der Waals surface area (Å²) in [7, 11) is 0. The number of benzene rings is 2. The van der Waals surface area contributed by atoms with Crippen LogP contribution in [-0.4, -0.2) is 30.8 Å². The first-order chi connectivity index (χ1) is 14.9. The number of rotatable bonds is 8. The first-order valence-corrected chi connectivity index (χ1v) is 9.90. The normalized spacial score (nSPS) is 11.0. The van der Waals surface area contributed by atoms with Crippen molar-refractivity contribution in [1.29, 1.82) is 0 Å². The summed E-state index contributed by atoms with van der Waals surface area (Å²) in [6.45, 7) is 3.40. The molecule has 31 heavy (non-hydrogen) atoms. The van der Waals surface area contributed by atoms with Gasteiger partial charge in [-0.25, -0.2) is 10.2 Å². The highest BCUT2D eigenvalue weighted by Crippen LogP contribution is 2.23. The van der Waals surface area contributed by atoms with Crippen LogP contribution in [-0.2, 0) is 9.53 Å². The number of carbonyl (C=O) groups excluding carboxylic acids is 2. The van der Waals surface area contributed by atoms with E-state index >= 15 is 0 Å². The Bertz CT molecular complexity index is 1070. The van der Waals surface area contributed by atoms with Gasteiger partial charge < -0.3 is 13.9 Å². The Labute approximate surface area is 184 Å². The SMILES string of the molecule is CC(C)OC(=O)c1cccc(-c2ccc(/C=N\NC(=O)COc3ccc(Cl)cc3)o2)c1. The summed E-state index contributed by atoms with van der Waals surface area (Å²) in [5.74, 6) is 0.698. The van der Waals surface area contributed by atoms with E-state index in [9.17, 15) is 9.59 Å². The monoisotopic (exact) mass is 440 g/mol. The minimum absolute atomic E-state index is 0.193. The van der Waals surface area contributed by atoms with E-state index in [1.54, 1.807) is 68.4 Å². The first kappa shape index (κ1) is 22.1. The van der Waals surface area contributed by atoms with Crippen LogP contribution in [0.3, 0.4) is 0 Å². The fraction of sp³-hybridized carbons (Fsp3) is 0.174. The number of hydrogen-bond acceptors (Lipinski definition) is 6. The Balaban J connectivity index is 1.54. The minimum atomic E-state index is -0.422. The number of nitrogens with one attached hydrogen (secondary N) is 1. The van der Waals surface area contributed by atoms with E-state index in [1.807, 2.05) is 6.07 Å².